The third-order valence-corrected chi connectivity index (χ3v) is 6.10. The highest BCUT2D eigenvalue weighted by atomic mass is 16.5. The highest BCUT2D eigenvalue weighted by molar-refractivity contribution is 6.15. The molecule has 1 saturated heterocycles. The number of benzene rings is 2. The van der Waals surface area contributed by atoms with Gasteiger partial charge in [0, 0.05) is 25.2 Å². The van der Waals surface area contributed by atoms with Crippen LogP contribution in [-0.2, 0) is 6.61 Å². The van der Waals surface area contributed by atoms with Crippen LogP contribution in [0.2, 0.25) is 0 Å². The van der Waals surface area contributed by atoms with Gasteiger partial charge in [0.05, 0.1) is 19.8 Å². The molecule has 1 aliphatic rings. The van der Waals surface area contributed by atoms with Crippen LogP contribution in [0, 0.1) is 0 Å². The van der Waals surface area contributed by atoms with Crippen molar-refractivity contribution in [2.45, 2.75) is 45.8 Å². The molecule has 1 fully saturated rings. The van der Waals surface area contributed by atoms with Crippen LogP contribution in [0.1, 0.15) is 60.6 Å². The number of piperidine rings is 1. The van der Waals surface area contributed by atoms with Crippen molar-refractivity contribution >= 4 is 11.6 Å². The zero-order chi connectivity index (χ0) is 24.1. The maximum absolute atomic E-state index is 14.1. The molecular weight excluding hydrogens is 430 g/mol. The van der Waals surface area contributed by atoms with Crippen molar-refractivity contribution in [2.75, 3.05) is 32.2 Å². The molecule has 0 aliphatic carbocycles. The molecule has 3 aromatic rings. The summed E-state index contributed by atoms with van der Waals surface area (Å²) in [5.41, 5.74) is 1.95. The average Bonchev–Trinajstić information content (AvgIpc) is 3.27. The molecule has 0 bridgehead atoms. The third-order valence-electron chi connectivity index (χ3n) is 6.10. The SMILES string of the molecule is COc1ccc(C(=O)c2c(OCc3ccccc3)nn(C(C)C)c2N2CCCCC2)c(OC)c1. The summed E-state index contributed by atoms with van der Waals surface area (Å²) in [7, 11) is 3.15. The Balaban J connectivity index is 1.82. The first kappa shape index (κ1) is 23.7. The van der Waals surface area contributed by atoms with Crippen LogP contribution in [0.25, 0.3) is 0 Å². The Morgan fingerprint density at radius 1 is 1.00 bits per heavy atom. The minimum Gasteiger partial charge on any atom is -0.497 e. The maximum Gasteiger partial charge on any atom is 0.246 e. The van der Waals surface area contributed by atoms with Crippen LogP contribution in [0.3, 0.4) is 0 Å². The van der Waals surface area contributed by atoms with Crippen LogP contribution in [-0.4, -0.2) is 42.9 Å². The monoisotopic (exact) mass is 463 g/mol. The van der Waals surface area contributed by atoms with Gasteiger partial charge < -0.3 is 19.1 Å². The van der Waals surface area contributed by atoms with Gasteiger partial charge in [-0.1, -0.05) is 30.3 Å². The zero-order valence-electron chi connectivity index (χ0n) is 20.4. The topological polar surface area (TPSA) is 65.8 Å². The average molecular weight is 464 g/mol. The Morgan fingerprint density at radius 2 is 1.74 bits per heavy atom. The van der Waals surface area contributed by atoms with Crippen molar-refractivity contribution < 1.29 is 19.0 Å². The van der Waals surface area contributed by atoms with Crippen LogP contribution >= 0.6 is 0 Å². The fourth-order valence-electron chi connectivity index (χ4n) is 4.32. The third kappa shape index (κ3) is 4.88. The molecule has 0 N–H and O–H groups in total. The van der Waals surface area contributed by atoms with E-state index in [1.165, 1.54) is 6.42 Å². The van der Waals surface area contributed by atoms with Crippen LogP contribution in [0.15, 0.2) is 48.5 Å². The predicted molar refractivity (Wildman–Crippen MR) is 132 cm³/mol. The molecule has 0 saturated carbocycles. The van der Waals surface area contributed by atoms with E-state index in [1.54, 1.807) is 32.4 Å². The van der Waals surface area contributed by atoms with E-state index in [4.69, 9.17) is 19.3 Å². The molecule has 0 spiro atoms. The van der Waals surface area contributed by atoms with Gasteiger partial charge >= 0.3 is 0 Å². The summed E-state index contributed by atoms with van der Waals surface area (Å²) in [6.45, 7) is 6.25. The normalized spacial score (nSPS) is 13.7. The van der Waals surface area contributed by atoms with Crippen molar-refractivity contribution in [1.82, 2.24) is 9.78 Å². The quantitative estimate of drug-likeness (QED) is 0.402. The van der Waals surface area contributed by atoms with Crippen LogP contribution in [0.5, 0.6) is 17.4 Å². The Kier molecular flexibility index (Phi) is 7.40. The number of methoxy groups -OCH3 is 2. The van der Waals surface area contributed by atoms with Gasteiger partial charge in [0.25, 0.3) is 0 Å². The van der Waals surface area contributed by atoms with E-state index in [-0.39, 0.29) is 11.8 Å². The summed E-state index contributed by atoms with van der Waals surface area (Å²) in [6.07, 6.45) is 3.37. The van der Waals surface area contributed by atoms with E-state index in [0.717, 1.165) is 37.3 Å². The predicted octanol–water partition coefficient (Wildman–Crippen LogP) is 5.28. The molecule has 2 aromatic carbocycles. The second-order valence-electron chi connectivity index (χ2n) is 8.76. The van der Waals surface area contributed by atoms with Crippen molar-refractivity contribution in [2.24, 2.45) is 0 Å². The molecule has 1 aromatic heterocycles. The number of ether oxygens (including phenoxy) is 3. The van der Waals surface area contributed by atoms with Crippen LogP contribution in [0.4, 0.5) is 5.82 Å². The Labute approximate surface area is 201 Å². The van der Waals surface area contributed by atoms with Gasteiger partial charge in [-0.25, -0.2) is 4.68 Å². The zero-order valence-corrected chi connectivity index (χ0v) is 20.4. The Bertz CT molecular complexity index is 1120. The second-order valence-corrected chi connectivity index (χ2v) is 8.76. The molecule has 7 heteroatoms. The fraction of sp³-hybridized carbons (Fsp3) is 0.407. The summed E-state index contributed by atoms with van der Waals surface area (Å²) in [5.74, 6) is 2.08. The summed E-state index contributed by atoms with van der Waals surface area (Å²) in [6, 6.07) is 15.2. The molecule has 0 atom stereocenters. The maximum atomic E-state index is 14.1. The molecule has 0 unspecified atom stereocenters. The summed E-state index contributed by atoms with van der Waals surface area (Å²) in [4.78, 5) is 16.3. The molecular formula is C27H33N3O4. The first-order chi connectivity index (χ1) is 16.5. The lowest BCUT2D eigenvalue weighted by atomic mass is 10.0. The Morgan fingerprint density at radius 3 is 2.38 bits per heavy atom. The smallest absolute Gasteiger partial charge is 0.246 e. The molecule has 0 amide bonds. The molecule has 0 radical (unpaired) electrons. The van der Waals surface area contributed by atoms with Gasteiger partial charge in [0.15, 0.2) is 0 Å². The van der Waals surface area contributed by atoms with Gasteiger partial charge in [-0.2, -0.15) is 0 Å². The number of hydrogen-bond donors (Lipinski definition) is 0. The number of carbonyl (C=O) groups excluding carboxylic acids is 1. The van der Waals surface area contributed by atoms with E-state index < -0.39 is 0 Å². The van der Waals surface area contributed by atoms with Gasteiger partial charge in [-0.15, -0.1) is 5.10 Å². The van der Waals surface area contributed by atoms with E-state index >= 15 is 0 Å². The minimum absolute atomic E-state index is 0.0651. The highest BCUT2D eigenvalue weighted by Gasteiger charge is 2.32. The summed E-state index contributed by atoms with van der Waals surface area (Å²) >= 11 is 0. The van der Waals surface area contributed by atoms with Gasteiger partial charge in [0.1, 0.15) is 29.5 Å². The number of ketones is 1. The number of aromatic nitrogens is 2. The van der Waals surface area contributed by atoms with Gasteiger partial charge in [-0.3, -0.25) is 4.79 Å². The lowest BCUT2D eigenvalue weighted by Crippen LogP contribution is -2.33. The standard InChI is InChI=1S/C27H33N3O4/c1-19(2)30-27(29-15-9-6-10-16-29)24(26(28-30)34-18-20-11-7-5-8-12-20)25(31)22-14-13-21(32-3)17-23(22)33-4/h5,7-8,11-14,17,19H,6,9-10,15-16,18H2,1-4H3. The number of carbonyl (C=O) groups is 1. The minimum atomic E-state index is -0.171. The number of hydrogen-bond acceptors (Lipinski definition) is 6. The van der Waals surface area contributed by atoms with Crippen molar-refractivity contribution in [3.63, 3.8) is 0 Å². The van der Waals surface area contributed by atoms with Gasteiger partial charge in [0.2, 0.25) is 11.7 Å². The molecule has 7 nitrogen and oxygen atoms in total. The van der Waals surface area contributed by atoms with E-state index in [1.807, 2.05) is 35.0 Å². The van der Waals surface area contributed by atoms with E-state index in [2.05, 4.69) is 18.7 Å². The summed E-state index contributed by atoms with van der Waals surface area (Å²) < 4.78 is 19.0. The van der Waals surface area contributed by atoms with E-state index in [9.17, 15) is 4.79 Å². The lowest BCUT2D eigenvalue weighted by Gasteiger charge is -2.30. The molecule has 180 valence electrons. The first-order valence-corrected chi connectivity index (χ1v) is 11.8. The second kappa shape index (κ2) is 10.6. The molecule has 34 heavy (non-hydrogen) atoms. The number of anilines is 1. The van der Waals surface area contributed by atoms with E-state index in [0.29, 0.717) is 35.1 Å². The molecule has 1 aliphatic heterocycles. The number of rotatable bonds is 9. The highest BCUT2D eigenvalue weighted by Crippen LogP contribution is 2.38. The lowest BCUT2D eigenvalue weighted by molar-refractivity contribution is 0.103. The van der Waals surface area contributed by atoms with Crippen LogP contribution < -0.4 is 19.1 Å². The largest absolute Gasteiger partial charge is 0.497 e. The first-order valence-electron chi connectivity index (χ1n) is 11.8. The van der Waals surface area contributed by atoms with Gasteiger partial charge in [-0.05, 0) is 50.8 Å². The summed E-state index contributed by atoms with van der Waals surface area (Å²) in [5, 5.41) is 4.80. The fourth-order valence-corrected chi connectivity index (χ4v) is 4.32. The Hall–Kier alpha value is -3.48. The van der Waals surface area contributed by atoms with Crippen molar-refractivity contribution in [1.29, 1.82) is 0 Å². The molecule has 2 heterocycles. The number of nitrogens with zero attached hydrogens (tertiary/aromatic N) is 3. The molecule has 4 rings (SSSR count). The van der Waals surface area contributed by atoms with Crippen molar-refractivity contribution in [3.05, 3.63) is 65.2 Å². The van der Waals surface area contributed by atoms with Crippen molar-refractivity contribution in [3.8, 4) is 17.4 Å².